The highest BCUT2D eigenvalue weighted by Gasteiger charge is 2.45. The summed E-state index contributed by atoms with van der Waals surface area (Å²) in [4.78, 5) is 12.0. The minimum absolute atomic E-state index is 0.000484. The molecule has 1 aromatic heterocycles. The lowest BCUT2D eigenvalue weighted by molar-refractivity contribution is -0.150. The first-order valence-electron chi connectivity index (χ1n) is 8.04. The van der Waals surface area contributed by atoms with Crippen molar-refractivity contribution in [3.05, 3.63) is 41.6 Å². The summed E-state index contributed by atoms with van der Waals surface area (Å²) in [6.07, 6.45) is 2.59. The molecule has 2 heterocycles. The molecule has 5 heteroatoms. The Morgan fingerprint density at radius 3 is 2.96 bits per heavy atom. The molecule has 2 atom stereocenters. The summed E-state index contributed by atoms with van der Waals surface area (Å²) >= 11 is 1.40. The van der Waals surface area contributed by atoms with Crippen LogP contribution in [0.2, 0.25) is 0 Å². The number of hydrogen-bond acceptors (Lipinski definition) is 5. The molecule has 0 radical (unpaired) electrons. The van der Waals surface area contributed by atoms with Gasteiger partial charge in [0.25, 0.3) is 0 Å². The van der Waals surface area contributed by atoms with Gasteiger partial charge in [-0.25, -0.2) is 0 Å². The van der Waals surface area contributed by atoms with E-state index in [0.29, 0.717) is 6.42 Å². The van der Waals surface area contributed by atoms with Gasteiger partial charge in [-0.1, -0.05) is 31.5 Å². The van der Waals surface area contributed by atoms with E-state index >= 15 is 0 Å². The summed E-state index contributed by atoms with van der Waals surface area (Å²) < 4.78 is 10.2. The molecule has 3 rings (SSSR count). The number of aryl methyl sites for hydroxylation is 1. The molecular weight excluding hydrogens is 308 g/mol. The van der Waals surface area contributed by atoms with Crippen LogP contribution in [-0.2, 0) is 15.1 Å². The first-order valence-corrected chi connectivity index (χ1v) is 8.82. The Morgan fingerprint density at radius 2 is 2.22 bits per heavy atom. The van der Waals surface area contributed by atoms with Crippen LogP contribution in [0.15, 0.2) is 30.3 Å². The van der Waals surface area contributed by atoms with Crippen molar-refractivity contribution in [2.75, 3.05) is 5.32 Å². The lowest BCUT2D eigenvalue weighted by Gasteiger charge is -2.19. The predicted molar refractivity (Wildman–Crippen MR) is 93.0 cm³/mol. The molecule has 1 aliphatic heterocycles. The van der Waals surface area contributed by atoms with Gasteiger partial charge in [0.1, 0.15) is 5.00 Å². The number of esters is 1. The molecule has 2 unspecified atom stereocenters. The molecule has 1 fully saturated rings. The summed E-state index contributed by atoms with van der Waals surface area (Å²) in [7, 11) is 0. The van der Waals surface area contributed by atoms with E-state index in [0.717, 1.165) is 29.2 Å². The Hall–Kier alpha value is -1.88. The lowest BCUT2D eigenvalue weighted by atomic mass is 9.90. The summed E-state index contributed by atoms with van der Waals surface area (Å²) in [6.45, 7) is 6.13. The van der Waals surface area contributed by atoms with Crippen LogP contribution < -0.4 is 5.32 Å². The second-order valence-electron chi connectivity index (χ2n) is 6.36. The molecule has 2 aromatic rings. The number of rotatable bonds is 5. The van der Waals surface area contributed by atoms with Crippen LogP contribution in [0.3, 0.4) is 0 Å². The first-order chi connectivity index (χ1) is 11.0. The second-order valence-corrected chi connectivity index (χ2v) is 7.16. The Kier molecular flexibility index (Phi) is 4.39. The van der Waals surface area contributed by atoms with Gasteiger partial charge >= 0.3 is 5.97 Å². The van der Waals surface area contributed by atoms with Crippen LogP contribution in [0.1, 0.15) is 44.4 Å². The van der Waals surface area contributed by atoms with E-state index in [2.05, 4.69) is 29.6 Å². The summed E-state index contributed by atoms with van der Waals surface area (Å²) in [6, 6.07) is 10.1. The molecule has 0 aliphatic carbocycles. The fourth-order valence-electron chi connectivity index (χ4n) is 3.05. The minimum Gasteiger partial charge on any atom is -0.453 e. The molecule has 122 valence electrons. The Bertz CT molecular complexity index is 713. The second kappa shape index (κ2) is 6.32. The maximum Gasteiger partial charge on any atom is 0.310 e. The van der Waals surface area contributed by atoms with Crippen molar-refractivity contribution < 1.29 is 9.53 Å². The molecule has 0 saturated carbocycles. The molecule has 4 nitrogen and oxygen atoms in total. The number of benzene rings is 1. The molecule has 0 spiro atoms. The van der Waals surface area contributed by atoms with Crippen molar-refractivity contribution in [3.63, 3.8) is 0 Å². The topological polar surface area (TPSA) is 51.2 Å². The Balaban J connectivity index is 1.77. The highest BCUT2D eigenvalue weighted by Crippen LogP contribution is 2.42. The van der Waals surface area contributed by atoms with Crippen molar-refractivity contribution in [1.29, 1.82) is 0 Å². The first kappa shape index (κ1) is 16.0. The fraction of sp³-hybridized carbons (Fsp3) is 0.444. The van der Waals surface area contributed by atoms with Gasteiger partial charge in [-0.05, 0) is 43.4 Å². The fourth-order valence-corrected chi connectivity index (χ4v) is 3.82. The number of nitrogens with one attached hydrogen (secondary N) is 1. The third kappa shape index (κ3) is 3.24. The Labute approximate surface area is 141 Å². The van der Waals surface area contributed by atoms with E-state index in [4.69, 9.17) is 4.74 Å². The highest BCUT2D eigenvalue weighted by atomic mass is 32.1. The van der Waals surface area contributed by atoms with Crippen molar-refractivity contribution in [1.82, 2.24) is 4.37 Å². The van der Waals surface area contributed by atoms with Gasteiger partial charge < -0.3 is 10.1 Å². The zero-order chi connectivity index (χ0) is 16.4. The average molecular weight is 330 g/mol. The maximum atomic E-state index is 12.0. The van der Waals surface area contributed by atoms with E-state index < -0.39 is 5.60 Å². The average Bonchev–Trinajstić information content (AvgIpc) is 3.08. The highest BCUT2D eigenvalue weighted by molar-refractivity contribution is 7.10. The molecule has 1 aliphatic rings. The number of para-hydroxylation sites is 1. The summed E-state index contributed by atoms with van der Waals surface area (Å²) in [5.41, 5.74) is 2.49. The molecular formula is C18H22N2O2S. The Morgan fingerprint density at radius 1 is 1.43 bits per heavy atom. The lowest BCUT2D eigenvalue weighted by Crippen LogP contribution is -2.21. The number of aromatic nitrogens is 1. The number of carbonyl (C=O) groups excluding carboxylic acids is 1. The van der Waals surface area contributed by atoms with Crippen LogP contribution in [0.5, 0.6) is 0 Å². The van der Waals surface area contributed by atoms with E-state index in [1.54, 1.807) is 0 Å². The standard InChI is InChI=1S/C18H22N2O2S/c1-4-7-13-11-18(3,22-17(13)21)15-10-16(23-20-15)19-14-9-6-5-8-12(14)2/h5-6,8-10,13,19H,4,7,11H2,1-3H3. The van der Waals surface area contributed by atoms with E-state index in [1.807, 2.05) is 31.2 Å². The molecule has 0 bridgehead atoms. The van der Waals surface area contributed by atoms with E-state index in [-0.39, 0.29) is 11.9 Å². The predicted octanol–water partition coefficient (Wildman–Crippen LogP) is 4.77. The van der Waals surface area contributed by atoms with Crippen molar-refractivity contribution in [3.8, 4) is 0 Å². The van der Waals surface area contributed by atoms with Crippen molar-refractivity contribution >= 4 is 28.2 Å². The molecule has 23 heavy (non-hydrogen) atoms. The van der Waals surface area contributed by atoms with Crippen LogP contribution >= 0.6 is 11.5 Å². The van der Waals surface area contributed by atoms with Gasteiger partial charge in [0.15, 0.2) is 5.60 Å². The summed E-state index contributed by atoms with van der Waals surface area (Å²) in [5.74, 6) is -0.0877. The van der Waals surface area contributed by atoms with E-state index in [9.17, 15) is 4.79 Å². The molecule has 1 aromatic carbocycles. The molecule has 1 saturated heterocycles. The third-order valence-corrected chi connectivity index (χ3v) is 5.09. The summed E-state index contributed by atoms with van der Waals surface area (Å²) in [5, 5.41) is 4.36. The monoisotopic (exact) mass is 330 g/mol. The van der Waals surface area contributed by atoms with Crippen LogP contribution in [-0.4, -0.2) is 10.3 Å². The smallest absolute Gasteiger partial charge is 0.310 e. The number of cyclic esters (lactones) is 1. The quantitative estimate of drug-likeness (QED) is 0.802. The van der Waals surface area contributed by atoms with Crippen LogP contribution in [0.25, 0.3) is 0 Å². The van der Waals surface area contributed by atoms with Crippen molar-refractivity contribution in [2.24, 2.45) is 5.92 Å². The molecule has 1 N–H and O–H groups in total. The van der Waals surface area contributed by atoms with Gasteiger partial charge in [-0.2, -0.15) is 4.37 Å². The number of carbonyl (C=O) groups is 1. The van der Waals surface area contributed by atoms with E-state index in [1.165, 1.54) is 17.1 Å². The number of anilines is 2. The zero-order valence-corrected chi connectivity index (χ0v) is 14.6. The number of ether oxygens (including phenoxy) is 1. The number of nitrogens with zero attached hydrogens (tertiary/aromatic N) is 1. The third-order valence-electron chi connectivity index (χ3n) is 4.39. The van der Waals surface area contributed by atoms with Crippen LogP contribution in [0.4, 0.5) is 10.7 Å². The van der Waals surface area contributed by atoms with Gasteiger partial charge in [-0.15, -0.1) is 0 Å². The normalized spacial score (nSPS) is 23.8. The van der Waals surface area contributed by atoms with Gasteiger partial charge in [0.2, 0.25) is 0 Å². The van der Waals surface area contributed by atoms with Gasteiger partial charge in [0.05, 0.1) is 11.6 Å². The largest absolute Gasteiger partial charge is 0.453 e. The molecule has 0 amide bonds. The van der Waals surface area contributed by atoms with Crippen LogP contribution in [0, 0.1) is 12.8 Å². The van der Waals surface area contributed by atoms with Crippen molar-refractivity contribution in [2.45, 2.75) is 45.6 Å². The SMILES string of the molecule is CCCC1CC(C)(c2cc(Nc3ccccc3C)sn2)OC1=O. The minimum atomic E-state index is -0.598. The maximum absolute atomic E-state index is 12.0. The number of hydrogen-bond donors (Lipinski definition) is 1. The van der Waals surface area contributed by atoms with Gasteiger partial charge in [0, 0.05) is 18.2 Å². The van der Waals surface area contributed by atoms with Gasteiger partial charge in [-0.3, -0.25) is 4.79 Å². The zero-order valence-electron chi connectivity index (χ0n) is 13.8.